The maximum Gasteiger partial charge on any atom is 0.251 e. The van der Waals surface area contributed by atoms with Gasteiger partial charge in [-0.3, -0.25) is 9.20 Å². The van der Waals surface area contributed by atoms with Gasteiger partial charge in [0.2, 0.25) is 0 Å². The van der Waals surface area contributed by atoms with Crippen LogP contribution in [0.4, 0.5) is 5.69 Å². The number of rotatable bonds is 5. The summed E-state index contributed by atoms with van der Waals surface area (Å²) in [6, 6.07) is 15.2. The normalized spacial score (nSPS) is 13.1. The largest absolute Gasteiger partial charge is 0.398 e. The monoisotopic (exact) mass is 440 g/mol. The topological polar surface area (TPSA) is 109 Å². The van der Waals surface area contributed by atoms with E-state index >= 15 is 0 Å². The van der Waals surface area contributed by atoms with Crippen LogP contribution in [-0.4, -0.2) is 32.6 Å². The average molecular weight is 441 g/mol. The molecule has 1 saturated carbocycles. The molecule has 0 radical (unpaired) electrons. The number of fused-ring (bicyclic) bond motifs is 1. The van der Waals surface area contributed by atoms with Crippen LogP contribution in [0.2, 0.25) is 0 Å². The number of hydrogen-bond acceptors (Lipinski definition) is 6. The van der Waals surface area contributed by atoms with Crippen molar-refractivity contribution in [3.63, 3.8) is 0 Å². The highest BCUT2D eigenvalue weighted by Crippen LogP contribution is 2.31. The lowest BCUT2D eigenvalue weighted by Crippen LogP contribution is -2.25. The molecule has 2 aromatic carbocycles. The van der Waals surface area contributed by atoms with Crippen molar-refractivity contribution in [1.29, 1.82) is 5.26 Å². The molecule has 0 unspecified atom stereocenters. The summed E-state index contributed by atoms with van der Waals surface area (Å²) < 4.78 is 1.99. The first-order chi connectivity index (χ1) is 15.6. The van der Waals surface area contributed by atoms with E-state index in [1.807, 2.05) is 53.4 Å². The number of amides is 1. The second kappa shape index (κ2) is 8.02. The molecule has 0 atom stereocenters. The standard InChI is InChI=1S/C24H20N6OS/c1-32-24-22-27-12-21(15-3-5-16(6-4-15)23(31)28-17-7-8-17)30(22)13-20(29-24)18-9-2-14(11-25)10-19(18)26/h2-6,9-10,12-13,17H,7-8,26H2,1H3,(H,28,31). The molecule has 1 fully saturated rings. The summed E-state index contributed by atoms with van der Waals surface area (Å²) in [7, 11) is 0. The molecule has 5 rings (SSSR count). The number of hydrogen-bond donors (Lipinski definition) is 2. The van der Waals surface area contributed by atoms with Crippen molar-refractivity contribution in [3.8, 4) is 28.6 Å². The van der Waals surface area contributed by atoms with Crippen molar-refractivity contribution in [2.75, 3.05) is 12.0 Å². The van der Waals surface area contributed by atoms with Crippen LogP contribution in [0.5, 0.6) is 0 Å². The van der Waals surface area contributed by atoms with Gasteiger partial charge in [0.1, 0.15) is 5.03 Å². The average Bonchev–Trinajstić information content (AvgIpc) is 3.53. The van der Waals surface area contributed by atoms with Crippen molar-refractivity contribution < 1.29 is 4.79 Å². The molecule has 1 aliphatic rings. The maximum absolute atomic E-state index is 12.3. The molecule has 0 bridgehead atoms. The van der Waals surface area contributed by atoms with E-state index in [2.05, 4.69) is 16.4 Å². The quantitative estimate of drug-likeness (QED) is 0.357. The third kappa shape index (κ3) is 3.67. The molecular formula is C24H20N6OS. The van der Waals surface area contributed by atoms with E-state index in [0.717, 1.165) is 40.3 Å². The van der Waals surface area contributed by atoms with Crippen LogP contribution < -0.4 is 11.1 Å². The predicted molar refractivity (Wildman–Crippen MR) is 125 cm³/mol. The third-order valence-corrected chi connectivity index (χ3v) is 6.13. The van der Waals surface area contributed by atoms with Crippen LogP contribution in [-0.2, 0) is 0 Å². The molecule has 8 heteroatoms. The van der Waals surface area contributed by atoms with Crippen LogP contribution in [0.15, 0.2) is 59.9 Å². The number of nitrogens with zero attached hydrogens (tertiary/aromatic N) is 4. The molecule has 32 heavy (non-hydrogen) atoms. The van der Waals surface area contributed by atoms with E-state index in [0.29, 0.717) is 28.6 Å². The lowest BCUT2D eigenvalue weighted by molar-refractivity contribution is 0.0951. The van der Waals surface area contributed by atoms with Gasteiger partial charge in [-0.05, 0) is 49.4 Å². The minimum absolute atomic E-state index is 0.0374. The van der Waals surface area contributed by atoms with Crippen LogP contribution in [0.1, 0.15) is 28.8 Å². The molecular weight excluding hydrogens is 420 g/mol. The van der Waals surface area contributed by atoms with Crippen LogP contribution >= 0.6 is 11.8 Å². The summed E-state index contributed by atoms with van der Waals surface area (Å²) >= 11 is 1.51. The van der Waals surface area contributed by atoms with Crippen LogP contribution in [0.3, 0.4) is 0 Å². The van der Waals surface area contributed by atoms with Crippen molar-refractivity contribution in [2.45, 2.75) is 23.9 Å². The zero-order chi connectivity index (χ0) is 22.2. The van der Waals surface area contributed by atoms with Crippen molar-refractivity contribution in [3.05, 3.63) is 66.0 Å². The first kappa shape index (κ1) is 20.1. The number of nitrogens with two attached hydrogens (primary N) is 1. The van der Waals surface area contributed by atoms with Crippen molar-refractivity contribution in [2.24, 2.45) is 0 Å². The molecule has 4 aromatic rings. The molecule has 2 heterocycles. The Morgan fingerprint density at radius 1 is 1.25 bits per heavy atom. The van der Waals surface area contributed by atoms with Crippen LogP contribution in [0.25, 0.3) is 28.2 Å². The van der Waals surface area contributed by atoms with E-state index in [-0.39, 0.29) is 5.91 Å². The number of thioether (sulfide) groups is 1. The fourth-order valence-electron chi connectivity index (χ4n) is 3.59. The Morgan fingerprint density at radius 2 is 2.03 bits per heavy atom. The van der Waals surface area contributed by atoms with Gasteiger partial charge in [0, 0.05) is 34.6 Å². The highest BCUT2D eigenvalue weighted by atomic mass is 32.2. The van der Waals surface area contributed by atoms with E-state index in [1.165, 1.54) is 11.8 Å². The Balaban J connectivity index is 1.57. The molecule has 7 nitrogen and oxygen atoms in total. The number of aromatic nitrogens is 3. The maximum atomic E-state index is 12.3. The van der Waals surface area contributed by atoms with Gasteiger partial charge >= 0.3 is 0 Å². The number of imidazole rings is 1. The van der Waals surface area contributed by atoms with Gasteiger partial charge in [-0.25, -0.2) is 9.97 Å². The van der Waals surface area contributed by atoms with Gasteiger partial charge in [-0.2, -0.15) is 5.26 Å². The van der Waals surface area contributed by atoms with Gasteiger partial charge in [0.05, 0.1) is 29.2 Å². The summed E-state index contributed by atoms with van der Waals surface area (Å²) in [6.07, 6.45) is 7.79. The summed E-state index contributed by atoms with van der Waals surface area (Å²) in [5.74, 6) is -0.0374. The first-order valence-electron chi connectivity index (χ1n) is 10.2. The van der Waals surface area contributed by atoms with Gasteiger partial charge in [-0.1, -0.05) is 12.1 Å². The molecule has 0 saturated heterocycles. The third-order valence-electron chi connectivity index (χ3n) is 5.47. The minimum Gasteiger partial charge on any atom is -0.398 e. The number of nitrogen functional groups attached to an aromatic ring is 1. The number of nitriles is 1. The SMILES string of the molecule is CSc1nc(-c2ccc(C#N)cc2N)cn2c(-c3ccc(C(=O)NC4CC4)cc3)cnc12. The molecule has 158 valence electrons. The Kier molecular flexibility index (Phi) is 5.04. The summed E-state index contributed by atoms with van der Waals surface area (Å²) in [5, 5.41) is 12.9. The fourth-order valence-corrected chi connectivity index (χ4v) is 4.12. The molecule has 1 amide bonds. The number of benzene rings is 2. The first-order valence-corrected chi connectivity index (χ1v) is 11.4. The van der Waals surface area contributed by atoms with Gasteiger partial charge in [-0.15, -0.1) is 11.8 Å². The van der Waals surface area contributed by atoms with E-state index in [4.69, 9.17) is 16.0 Å². The highest BCUT2D eigenvalue weighted by Gasteiger charge is 2.23. The second-order valence-electron chi connectivity index (χ2n) is 7.71. The number of anilines is 1. The van der Waals surface area contributed by atoms with Gasteiger partial charge < -0.3 is 11.1 Å². The van der Waals surface area contributed by atoms with Gasteiger partial charge in [0.15, 0.2) is 5.65 Å². The molecule has 0 spiro atoms. The Morgan fingerprint density at radius 3 is 2.69 bits per heavy atom. The predicted octanol–water partition coefficient (Wildman–Crippen LogP) is 4.13. The molecule has 2 aromatic heterocycles. The van der Waals surface area contributed by atoms with E-state index < -0.39 is 0 Å². The van der Waals surface area contributed by atoms with Crippen molar-refractivity contribution in [1.82, 2.24) is 19.7 Å². The molecule has 3 N–H and O–H groups in total. The lowest BCUT2D eigenvalue weighted by atomic mass is 10.1. The zero-order valence-electron chi connectivity index (χ0n) is 17.4. The summed E-state index contributed by atoms with van der Waals surface area (Å²) in [5.41, 5.74) is 11.9. The summed E-state index contributed by atoms with van der Waals surface area (Å²) in [4.78, 5) is 21.6. The van der Waals surface area contributed by atoms with Gasteiger partial charge in [0.25, 0.3) is 5.91 Å². The smallest absolute Gasteiger partial charge is 0.251 e. The molecule has 1 aliphatic carbocycles. The number of carbonyl (C=O) groups excluding carboxylic acids is 1. The number of carbonyl (C=O) groups is 1. The highest BCUT2D eigenvalue weighted by molar-refractivity contribution is 7.98. The zero-order valence-corrected chi connectivity index (χ0v) is 18.2. The van der Waals surface area contributed by atoms with E-state index in [1.54, 1.807) is 12.1 Å². The fraction of sp³-hybridized carbons (Fsp3) is 0.167. The number of nitrogens with one attached hydrogen (secondary N) is 1. The second-order valence-corrected chi connectivity index (χ2v) is 8.51. The van der Waals surface area contributed by atoms with Crippen LogP contribution in [0, 0.1) is 11.3 Å². The lowest BCUT2D eigenvalue weighted by Gasteiger charge is -2.10. The minimum atomic E-state index is -0.0374. The molecule has 0 aliphatic heterocycles. The Hall–Kier alpha value is -3.83. The van der Waals surface area contributed by atoms with Crippen molar-refractivity contribution >= 4 is 29.0 Å². The Bertz CT molecular complexity index is 1380. The Labute approximate surface area is 189 Å². The van der Waals surface area contributed by atoms with E-state index in [9.17, 15) is 4.79 Å². The summed E-state index contributed by atoms with van der Waals surface area (Å²) in [6.45, 7) is 0.